The molecule has 0 unspecified atom stereocenters. The monoisotopic (exact) mass is 397 g/mol. The third-order valence-corrected chi connectivity index (χ3v) is 4.24. The van der Waals surface area contributed by atoms with Crippen molar-refractivity contribution < 1.29 is 23.7 Å². The van der Waals surface area contributed by atoms with Gasteiger partial charge in [-0.1, -0.05) is 0 Å². The first kappa shape index (κ1) is 20.1. The Morgan fingerprint density at radius 3 is 2.41 bits per heavy atom. The number of benzene rings is 2. The largest absolute Gasteiger partial charge is 0.494 e. The van der Waals surface area contributed by atoms with Gasteiger partial charge in [0.15, 0.2) is 11.5 Å². The second-order valence-corrected chi connectivity index (χ2v) is 5.99. The van der Waals surface area contributed by atoms with E-state index in [2.05, 4.69) is 15.5 Å². The highest BCUT2D eigenvalue weighted by Gasteiger charge is 2.19. The van der Waals surface area contributed by atoms with E-state index in [1.54, 1.807) is 18.3 Å². The van der Waals surface area contributed by atoms with E-state index >= 15 is 0 Å². The number of nitrogens with zero attached hydrogens (tertiary/aromatic N) is 1. The highest BCUT2D eigenvalue weighted by atomic mass is 16.5. The number of fused-ring (bicyclic) bond motifs is 1. The standard InChI is InChI=1S/C21H23N3O5/c1-5-29-14-8-6-13(7-9-14)12-22-24-21(25)17-10-15-16(23-17)11-18(26-2)20(28-4)19(15)27-3/h6-12,23H,5H2,1-4H3,(H,24,25)/b22-12-. The van der Waals surface area contributed by atoms with E-state index in [1.807, 2.05) is 31.2 Å². The molecule has 0 aliphatic rings. The molecule has 29 heavy (non-hydrogen) atoms. The number of carbonyl (C=O) groups excluding carboxylic acids is 1. The summed E-state index contributed by atoms with van der Waals surface area (Å²) in [6.07, 6.45) is 1.56. The van der Waals surface area contributed by atoms with Crippen molar-refractivity contribution in [3.05, 3.63) is 47.7 Å². The number of methoxy groups -OCH3 is 3. The summed E-state index contributed by atoms with van der Waals surface area (Å²) in [5.41, 5.74) is 4.35. The van der Waals surface area contributed by atoms with Gasteiger partial charge in [-0.15, -0.1) is 0 Å². The van der Waals surface area contributed by atoms with Crippen LogP contribution in [0.3, 0.4) is 0 Å². The molecule has 1 amide bonds. The van der Waals surface area contributed by atoms with Crippen LogP contribution in [0, 0.1) is 0 Å². The average Bonchev–Trinajstić information content (AvgIpc) is 3.17. The zero-order chi connectivity index (χ0) is 20.8. The second-order valence-electron chi connectivity index (χ2n) is 5.99. The maximum atomic E-state index is 12.5. The van der Waals surface area contributed by atoms with Crippen molar-refractivity contribution in [1.29, 1.82) is 0 Å². The molecule has 0 spiro atoms. The molecule has 2 N–H and O–H groups in total. The van der Waals surface area contributed by atoms with Crippen molar-refractivity contribution in [3.63, 3.8) is 0 Å². The molecule has 0 aliphatic carbocycles. The summed E-state index contributed by atoms with van der Waals surface area (Å²) in [5.74, 6) is 1.84. The van der Waals surface area contributed by atoms with Crippen LogP contribution in [0.4, 0.5) is 0 Å². The molecule has 1 aromatic heterocycles. The minimum absolute atomic E-state index is 0.331. The number of H-pyrrole nitrogens is 1. The number of ether oxygens (including phenoxy) is 4. The van der Waals surface area contributed by atoms with Crippen molar-refractivity contribution in [2.75, 3.05) is 27.9 Å². The number of hydrogen-bond acceptors (Lipinski definition) is 6. The van der Waals surface area contributed by atoms with Gasteiger partial charge in [0, 0.05) is 11.5 Å². The van der Waals surface area contributed by atoms with E-state index in [0.717, 1.165) is 11.3 Å². The van der Waals surface area contributed by atoms with Crippen LogP contribution in [0.1, 0.15) is 23.0 Å². The summed E-state index contributed by atoms with van der Waals surface area (Å²) >= 11 is 0. The molecule has 1 heterocycles. The van der Waals surface area contributed by atoms with E-state index in [9.17, 15) is 4.79 Å². The van der Waals surface area contributed by atoms with Crippen LogP contribution in [0.15, 0.2) is 41.5 Å². The Bertz CT molecular complexity index is 1020. The smallest absolute Gasteiger partial charge is 0.287 e. The lowest BCUT2D eigenvalue weighted by atomic mass is 10.2. The molecular formula is C21H23N3O5. The van der Waals surface area contributed by atoms with Crippen LogP contribution in [0.2, 0.25) is 0 Å². The lowest BCUT2D eigenvalue weighted by molar-refractivity contribution is 0.0951. The van der Waals surface area contributed by atoms with Crippen LogP contribution in [-0.4, -0.2) is 45.0 Å². The first-order chi connectivity index (χ1) is 14.1. The molecule has 0 atom stereocenters. The van der Waals surface area contributed by atoms with Gasteiger partial charge in [0.1, 0.15) is 11.4 Å². The Kier molecular flexibility index (Phi) is 6.23. The predicted octanol–water partition coefficient (Wildman–Crippen LogP) is 3.36. The topological polar surface area (TPSA) is 94.2 Å². The Hall–Kier alpha value is -3.68. The molecule has 0 saturated heterocycles. The number of carbonyl (C=O) groups is 1. The summed E-state index contributed by atoms with van der Waals surface area (Å²) in [6.45, 7) is 2.53. The molecule has 0 radical (unpaired) electrons. The van der Waals surface area contributed by atoms with Gasteiger partial charge in [-0.05, 0) is 42.8 Å². The summed E-state index contributed by atoms with van der Waals surface area (Å²) in [5, 5.41) is 4.71. The minimum atomic E-state index is -0.386. The molecule has 0 aliphatic heterocycles. The van der Waals surface area contributed by atoms with Gasteiger partial charge in [-0.3, -0.25) is 4.79 Å². The molecule has 3 rings (SSSR count). The summed E-state index contributed by atoms with van der Waals surface area (Å²) in [6, 6.07) is 10.8. The fraction of sp³-hybridized carbons (Fsp3) is 0.238. The lowest BCUT2D eigenvalue weighted by Crippen LogP contribution is -2.17. The van der Waals surface area contributed by atoms with Crippen LogP contribution in [-0.2, 0) is 0 Å². The summed E-state index contributed by atoms with van der Waals surface area (Å²) in [7, 11) is 4.60. The van der Waals surface area contributed by atoms with Crippen LogP contribution in [0.5, 0.6) is 23.0 Å². The Morgan fingerprint density at radius 2 is 1.79 bits per heavy atom. The summed E-state index contributed by atoms with van der Waals surface area (Å²) in [4.78, 5) is 15.5. The Labute approximate surface area is 168 Å². The predicted molar refractivity (Wildman–Crippen MR) is 111 cm³/mol. The van der Waals surface area contributed by atoms with Crippen molar-refractivity contribution >= 4 is 23.0 Å². The fourth-order valence-corrected chi connectivity index (χ4v) is 2.92. The highest BCUT2D eigenvalue weighted by Crippen LogP contribution is 2.43. The maximum Gasteiger partial charge on any atom is 0.287 e. The molecule has 8 heteroatoms. The maximum absolute atomic E-state index is 12.5. The zero-order valence-electron chi connectivity index (χ0n) is 16.7. The molecule has 0 saturated carbocycles. The first-order valence-electron chi connectivity index (χ1n) is 8.99. The van der Waals surface area contributed by atoms with Gasteiger partial charge < -0.3 is 23.9 Å². The number of nitrogens with one attached hydrogen (secondary N) is 2. The molecule has 0 bridgehead atoms. The third-order valence-electron chi connectivity index (χ3n) is 4.24. The van der Waals surface area contributed by atoms with E-state index in [0.29, 0.717) is 40.5 Å². The van der Waals surface area contributed by atoms with Gasteiger partial charge in [0.05, 0.1) is 39.7 Å². The van der Waals surface area contributed by atoms with E-state index in [4.69, 9.17) is 18.9 Å². The Morgan fingerprint density at radius 1 is 1.07 bits per heavy atom. The number of amides is 1. The molecule has 0 fully saturated rings. The minimum Gasteiger partial charge on any atom is -0.494 e. The van der Waals surface area contributed by atoms with Gasteiger partial charge >= 0.3 is 0 Å². The number of rotatable bonds is 8. The molecule has 2 aromatic carbocycles. The van der Waals surface area contributed by atoms with Crippen molar-refractivity contribution in [2.24, 2.45) is 5.10 Å². The van der Waals surface area contributed by atoms with Crippen molar-refractivity contribution in [1.82, 2.24) is 10.4 Å². The van der Waals surface area contributed by atoms with Crippen molar-refractivity contribution in [2.45, 2.75) is 6.92 Å². The SMILES string of the molecule is CCOc1ccc(/C=N\NC(=O)c2cc3c(OC)c(OC)c(OC)cc3[nH]2)cc1. The molecule has 3 aromatic rings. The second kappa shape index (κ2) is 9.01. The van der Waals surface area contributed by atoms with Gasteiger partial charge in [-0.2, -0.15) is 5.10 Å². The first-order valence-corrected chi connectivity index (χ1v) is 8.99. The van der Waals surface area contributed by atoms with E-state index < -0.39 is 0 Å². The lowest BCUT2D eigenvalue weighted by Gasteiger charge is -2.12. The molecular weight excluding hydrogens is 374 g/mol. The van der Waals surface area contributed by atoms with Crippen LogP contribution >= 0.6 is 0 Å². The van der Waals surface area contributed by atoms with E-state index in [-0.39, 0.29) is 5.91 Å². The number of hydrogen-bond donors (Lipinski definition) is 2. The number of aromatic amines is 1. The van der Waals surface area contributed by atoms with Gasteiger partial charge in [0.25, 0.3) is 5.91 Å². The molecule has 8 nitrogen and oxygen atoms in total. The van der Waals surface area contributed by atoms with Gasteiger partial charge in [-0.25, -0.2) is 5.43 Å². The number of aromatic nitrogens is 1. The zero-order valence-corrected chi connectivity index (χ0v) is 16.7. The highest BCUT2D eigenvalue weighted by molar-refractivity contribution is 6.01. The van der Waals surface area contributed by atoms with Gasteiger partial charge in [0.2, 0.25) is 5.75 Å². The van der Waals surface area contributed by atoms with Crippen LogP contribution < -0.4 is 24.4 Å². The molecule has 152 valence electrons. The van der Waals surface area contributed by atoms with E-state index in [1.165, 1.54) is 21.3 Å². The quantitative estimate of drug-likeness (QED) is 0.449. The number of hydrazone groups is 1. The summed E-state index contributed by atoms with van der Waals surface area (Å²) < 4.78 is 21.6. The Balaban J connectivity index is 1.78. The fourth-order valence-electron chi connectivity index (χ4n) is 2.92. The average molecular weight is 397 g/mol. The third kappa shape index (κ3) is 4.26. The van der Waals surface area contributed by atoms with Crippen LogP contribution in [0.25, 0.3) is 10.9 Å². The van der Waals surface area contributed by atoms with Crippen molar-refractivity contribution in [3.8, 4) is 23.0 Å². The normalized spacial score (nSPS) is 10.9.